The Labute approximate surface area is 159 Å². The molecule has 27 heavy (non-hydrogen) atoms. The standard InChI is InChI=1S/C21H24F2O3S/c1-2-15-11-16(19-9-6-17(22)12-20(19)23)5-10-21(15)27(25,26)13-14-3-7-18(24)8-4-14/h5-6,9-12,14,18,24H,2-4,7-8,13H2,1H3. The summed E-state index contributed by atoms with van der Waals surface area (Å²) in [4.78, 5) is 0.280. The van der Waals surface area contributed by atoms with Gasteiger partial charge < -0.3 is 5.11 Å². The van der Waals surface area contributed by atoms with Crippen LogP contribution in [0.2, 0.25) is 0 Å². The van der Waals surface area contributed by atoms with E-state index >= 15 is 0 Å². The Balaban J connectivity index is 1.89. The van der Waals surface area contributed by atoms with E-state index in [-0.39, 0.29) is 28.2 Å². The van der Waals surface area contributed by atoms with Crippen molar-refractivity contribution in [3.05, 3.63) is 53.6 Å². The Morgan fingerprint density at radius 1 is 1.04 bits per heavy atom. The molecule has 1 N–H and O–H groups in total. The number of rotatable bonds is 5. The maximum atomic E-state index is 14.1. The third kappa shape index (κ3) is 4.55. The van der Waals surface area contributed by atoms with Gasteiger partial charge in [-0.3, -0.25) is 0 Å². The highest BCUT2D eigenvalue weighted by molar-refractivity contribution is 7.91. The average molecular weight is 394 g/mol. The number of halogens is 2. The minimum Gasteiger partial charge on any atom is -0.393 e. The molecule has 0 bridgehead atoms. The molecule has 0 amide bonds. The van der Waals surface area contributed by atoms with E-state index in [1.165, 1.54) is 18.2 Å². The molecule has 146 valence electrons. The van der Waals surface area contributed by atoms with E-state index in [1.807, 2.05) is 6.92 Å². The second-order valence-electron chi connectivity index (χ2n) is 7.26. The maximum absolute atomic E-state index is 14.1. The molecule has 3 rings (SSSR count). The van der Waals surface area contributed by atoms with E-state index in [4.69, 9.17) is 0 Å². The minimum absolute atomic E-state index is 0.0531. The largest absolute Gasteiger partial charge is 0.393 e. The fraction of sp³-hybridized carbons (Fsp3) is 0.429. The van der Waals surface area contributed by atoms with Gasteiger partial charge in [0.05, 0.1) is 16.8 Å². The van der Waals surface area contributed by atoms with Crippen LogP contribution in [0, 0.1) is 17.6 Å². The molecule has 6 heteroatoms. The summed E-state index contributed by atoms with van der Waals surface area (Å²) in [6.07, 6.45) is 2.88. The lowest BCUT2D eigenvalue weighted by atomic mass is 9.89. The molecule has 0 spiro atoms. The third-order valence-electron chi connectivity index (χ3n) is 5.29. The van der Waals surface area contributed by atoms with Crippen LogP contribution >= 0.6 is 0 Å². The van der Waals surface area contributed by atoms with Crippen molar-refractivity contribution >= 4 is 9.84 Å². The van der Waals surface area contributed by atoms with Crippen LogP contribution in [0.5, 0.6) is 0 Å². The molecule has 1 aliphatic carbocycles. The van der Waals surface area contributed by atoms with Gasteiger partial charge in [-0.25, -0.2) is 17.2 Å². The van der Waals surface area contributed by atoms with Crippen LogP contribution < -0.4 is 0 Å². The molecule has 0 radical (unpaired) electrons. The predicted molar refractivity (Wildman–Crippen MR) is 101 cm³/mol. The van der Waals surface area contributed by atoms with Gasteiger partial charge >= 0.3 is 0 Å². The van der Waals surface area contributed by atoms with E-state index in [9.17, 15) is 22.3 Å². The first-order valence-electron chi connectivity index (χ1n) is 9.29. The van der Waals surface area contributed by atoms with Crippen LogP contribution in [-0.2, 0) is 16.3 Å². The molecule has 0 atom stereocenters. The summed E-state index contributed by atoms with van der Waals surface area (Å²) in [5.74, 6) is -1.20. The summed E-state index contributed by atoms with van der Waals surface area (Å²) in [7, 11) is -3.47. The molecule has 0 saturated heterocycles. The van der Waals surface area contributed by atoms with Crippen LogP contribution in [0.1, 0.15) is 38.2 Å². The van der Waals surface area contributed by atoms with Gasteiger partial charge in [-0.15, -0.1) is 0 Å². The van der Waals surface area contributed by atoms with Gasteiger partial charge in [-0.2, -0.15) is 0 Å². The van der Waals surface area contributed by atoms with Crippen molar-refractivity contribution in [3.8, 4) is 11.1 Å². The molecule has 2 aromatic carbocycles. The molecule has 1 aliphatic rings. The van der Waals surface area contributed by atoms with Crippen molar-refractivity contribution in [1.29, 1.82) is 0 Å². The quantitative estimate of drug-likeness (QED) is 0.811. The summed E-state index contributed by atoms with van der Waals surface area (Å²) in [5, 5.41) is 9.60. The fourth-order valence-corrected chi connectivity index (χ4v) is 5.77. The Kier molecular flexibility index (Phi) is 5.96. The molecule has 1 saturated carbocycles. The molecular formula is C21H24F2O3S. The first-order valence-corrected chi connectivity index (χ1v) is 10.9. The lowest BCUT2D eigenvalue weighted by molar-refractivity contribution is 0.113. The molecule has 0 aromatic heterocycles. The summed E-state index contributed by atoms with van der Waals surface area (Å²) in [6, 6.07) is 8.15. The number of hydrogen-bond acceptors (Lipinski definition) is 3. The molecule has 0 aliphatic heterocycles. The summed E-state index contributed by atoms with van der Waals surface area (Å²) in [5.41, 5.74) is 1.41. The van der Waals surface area contributed by atoms with Gasteiger partial charge in [0.1, 0.15) is 11.6 Å². The Morgan fingerprint density at radius 3 is 2.37 bits per heavy atom. The highest BCUT2D eigenvalue weighted by Gasteiger charge is 2.27. The van der Waals surface area contributed by atoms with Crippen molar-refractivity contribution in [2.24, 2.45) is 5.92 Å². The predicted octanol–water partition coefficient (Wildman–Crippen LogP) is 4.52. The molecule has 1 fully saturated rings. The van der Waals surface area contributed by atoms with Gasteiger partial charge in [0.25, 0.3) is 0 Å². The second-order valence-corrected chi connectivity index (χ2v) is 9.26. The van der Waals surface area contributed by atoms with Crippen molar-refractivity contribution in [2.45, 2.75) is 50.0 Å². The van der Waals surface area contributed by atoms with Crippen LogP contribution in [0.15, 0.2) is 41.3 Å². The molecule has 2 aromatic rings. The van der Waals surface area contributed by atoms with Gasteiger partial charge in [0.15, 0.2) is 9.84 Å². The SMILES string of the molecule is CCc1cc(-c2ccc(F)cc2F)ccc1S(=O)(=O)CC1CCC(O)CC1. The minimum atomic E-state index is -3.47. The topological polar surface area (TPSA) is 54.4 Å². The number of aliphatic hydroxyl groups excluding tert-OH is 1. The summed E-state index contributed by atoms with van der Waals surface area (Å²) < 4.78 is 53.1. The molecular weight excluding hydrogens is 370 g/mol. The summed E-state index contributed by atoms with van der Waals surface area (Å²) in [6.45, 7) is 1.86. The number of sulfone groups is 1. The first kappa shape index (κ1) is 20.0. The van der Waals surface area contributed by atoms with Crippen LogP contribution in [0.4, 0.5) is 8.78 Å². The van der Waals surface area contributed by atoms with E-state index in [0.717, 1.165) is 6.07 Å². The fourth-order valence-electron chi connectivity index (χ4n) is 3.76. The first-order chi connectivity index (χ1) is 12.8. The zero-order valence-electron chi connectivity index (χ0n) is 15.3. The number of aliphatic hydroxyl groups is 1. The van der Waals surface area contributed by atoms with E-state index in [1.54, 1.807) is 12.1 Å². The van der Waals surface area contributed by atoms with E-state index in [2.05, 4.69) is 0 Å². The zero-order chi connectivity index (χ0) is 19.6. The number of hydrogen-bond donors (Lipinski definition) is 1. The molecule has 0 heterocycles. The van der Waals surface area contributed by atoms with E-state index in [0.29, 0.717) is 43.2 Å². The zero-order valence-corrected chi connectivity index (χ0v) is 16.1. The van der Waals surface area contributed by atoms with Gasteiger partial charge in [-0.05, 0) is 73.4 Å². The van der Waals surface area contributed by atoms with Crippen LogP contribution in [0.3, 0.4) is 0 Å². The average Bonchev–Trinajstić information content (AvgIpc) is 2.63. The van der Waals surface area contributed by atoms with Crippen molar-refractivity contribution in [3.63, 3.8) is 0 Å². The summed E-state index contributed by atoms with van der Waals surface area (Å²) >= 11 is 0. The Morgan fingerprint density at radius 2 is 1.74 bits per heavy atom. The van der Waals surface area contributed by atoms with Crippen molar-refractivity contribution < 1.29 is 22.3 Å². The van der Waals surface area contributed by atoms with Crippen LogP contribution in [0.25, 0.3) is 11.1 Å². The lowest BCUT2D eigenvalue weighted by Gasteiger charge is -2.25. The number of aryl methyl sites for hydroxylation is 1. The molecule has 0 unspecified atom stereocenters. The molecule has 3 nitrogen and oxygen atoms in total. The van der Waals surface area contributed by atoms with Crippen molar-refractivity contribution in [1.82, 2.24) is 0 Å². The van der Waals surface area contributed by atoms with E-state index < -0.39 is 21.5 Å². The third-order valence-corrected chi connectivity index (χ3v) is 7.27. The Hall–Kier alpha value is -1.79. The van der Waals surface area contributed by atoms with Gasteiger partial charge in [0, 0.05) is 11.6 Å². The van der Waals surface area contributed by atoms with Gasteiger partial charge in [0.2, 0.25) is 0 Å². The normalized spacial score (nSPS) is 20.6. The van der Waals surface area contributed by atoms with Crippen molar-refractivity contribution in [2.75, 3.05) is 5.75 Å². The Bertz CT molecular complexity index is 917. The lowest BCUT2D eigenvalue weighted by Crippen LogP contribution is -2.24. The smallest absolute Gasteiger partial charge is 0.178 e. The highest BCUT2D eigenvalue weighted by Crippen LogP contribution is 2.31. The maximum Gasteiger partial charge on any atom is 0.178 e. The van der Waals surface area contributed by atoms with Crippen LogP contribution in [-0.4, -0.2) is 25.4 Å². The van der Waals surface area contributed by atoms with Gasteiger partial charge in [-0.1, -0.05) is 13.0 Å². The second kappa shape index (κ2) is 8.07. The number of benzene rings is 2. The monoisotopic (exact) mass is 394 g/mol. The highest BCUT2D eigenvalue weighted by atomic mass is 32.2.